The zero-order valence-electron chi connectivity index (χ0n) is 22.0. The Morgan fingerprint density at radius 3 is 2.39 bits per heavy atom. The normalized spacial score (nSPS) is 13.1. The fourth-order valence-electron chi connectivity index (χ4n) is 4.31. The number of nitrogens with zero attached hydrogens (tertiary/aromatic N) is 4. The lowest BCUT2D eigenvalue weighted by Gasteiger charge is -2.24. The van der Waals surface area contributed by atoms with Gasteiger partial charge in [-0.05, 0) is 74.4 Å². The Morgan fingerprint density at radius 2 is 1.72 bits per heavy atom. The Kier molecular flexibility index (Phi) is 8.46. The SMILES string of the molecule is CC(C)CCN(CCC(C)C)C(=O)c1ccc2nc(-c3ccc4c(c3)OCCO4)c(CCCN)n2n1. The van der Waals surface area contributed by atoms with Gasteiger partial charge < -0.3 is 20.1 Å². The van der Waals surface area contributed by atoms with Crippen molar-refractivity contribution in [3.8, 4) is 22.8 Å². The van der Waals surface area contributed by atoms with Crippen LogP contribution in [0, 0.1) is 11.8 Å². The highest BCUT2D eigenvalue weighted by molar-refractivity contribution is 5.92. The van der Waals surface area contributed by atoms with Crippen LogP contribution in [0.5, 0.6) is 11.5 Å². The van der Waals surface area contributed by atoms with Crippen molar-refractivity contribution in [1.29, 1.82) is 0 Å². The van der Waals surface area contributed by atoms with Gasteiger partial charge in [-0.25, -0.2) is 9.50 Å². The number of rotatable bonds is 11. The first-order valence-corrected chi connectivity index (χ1v) is 13.2. The molecule has 194 valence electrons. The third-order valence-electron chi connectivity index (χ3n) is 6.46. The van der Waals surface area contributed by atoms with Crippen molar-refractivity contribution < 1.29 is 14.3 Å². The molecule has 0 radical (unpaired) electrons. The fraction of sp³-hybridized carbons (Fsp3) is 0.536. The van der Waals surface area contributed by atoms with Gasteiger partial charge in [-0.15, -0.1) is 0 Å². The van der Waals surface area contributed by atoms with Crippen molar-refractivity contribution in [2.24, 2.45) is 17.6 Å². The largest absolute Gasteiger partial charge is 0.486 e. The van der Waals surface area contributed by atoms with Crippen LogP contribution in [0.25, 0.3) is 16.9 Å². The summed E-state index contributed by atoms with van der Waals surface area (Å²) in [6.45, 7) is 11.8. The van der Waals surface area contributed by atoms with Crippen LogP contribution in [0.3, 0.4) is 0 Å². The number of amides is 1. The number of ether oxygens (including phenoxy) is 2. The Hall–Kier alpha value is -3.13. The van der Waals surface area contributed by atoms with Crippen LogP contribution in [-0.2, 0) is 6.42 Å². The Labute approximate surface area is 213 Å². The summed E-state index contributed by atoms with van der Waals surface area (Å²) in [7, 11) is 0. The molecule has 2 N–H and O–H groups in total. The van der Waals surface area contributed by atoms with E-state index >= 15 is 0 Å². The summed E-state index contributed by atoms with van der Waals surface area (Å²) in [5, 5.41) is 4.80. The molecule has 8 nitrogen and oxygen atoms in total. The Bertz CT molecular complexity index is 1180. The average molecular weight is 494 g/mol. The predicted octanol–water partition coefficient (Wildman–Crippen LogP) is 4.59. The second-order valence-corrected chi connectivity index (χ2v) is 10.3. The second kappa shape index (κ2) is 11.7. The summed E-state index contributed by atoms with van der Waals surface area (Å²) >= 11 is 0. The maximum Gasteiger partial charge on any atom is 0.274 e. The van der Waals surface area contributed by atoms with E-state index in [-0.39, 0.29) is 5.91 Å². The van der Waals surface area contributed by atoms with Crippen LogP contribution in [0.15, 0.2) is 30.3 Å². The maximum absolute atomic E-state index is 13.6. The lowest BCUT2D eigenvalue weighted by molar-refractivity contribution is 0.0733. The van der Waals surface area contributed by atoms with E-state index in [9.17, 15) is 4.79 Å². The van der Waals surface area contributed by atoms with Gasteiger partial charge in [-0.2, -0.15) is 5.10 Å². The summed E-state index contributed by atoms with van der Waals surface area (Å²) in [5.41, 5.74) is 9.70. The zero-order valence-corrected chi connectivity index (χ0v) is 22.0. The van der Waals surface area contributed by atoms with Crippen LogP contribution >= 0.6 is 0 Å². The van der Waals surface area contributed by atoms with Gasteiger partial charge >= 0.3 is 0 Å². The summed E-state index contributed by atoms with van der Waals surface area (Å²) in [6.07, 6.45) is 3.43. The number of aryl methyl sites for hydroxylation is 1. The van der Waals surface area contributed by atoms with Crippen molar-refractivity contribution in [2.75, 3.05) is 32.8 Å². The van der Waals surface area contributed by atoms with Crippen molar-refractivity contribution >= 4 is 11.6 Å². The summed E-state index contributed by atoms with van der Waals surface area (Å²) < 4.78 is 13.3. The Balaban J connectivity index is 1.70. The van der Waals surface area contributed by atoms with Gasteiger partial charge in [-0.3, -0.25) is 4.79 Å². The highest BCUT2D eigenvalue weighted by Crippen LogP contribution is 2.35. The van der Waals surface area contributed by atoms with Crippen LogP contribution < -0.4 is 15.2 Å². The number of nitrogens with two attached hydrogens (primary N) is 1. The van der Waals surface area contributed by atoms with Crippen molar-refractivity contribution in [3.05, 3.63) is 41.7 Å². The molecule has 3 aromatic rings. The smallest absolute Gasteiger partial charge is 0.274 e. The van der Waals surface area contributed by atoms with Gasteiger partial charge in [0.05, 0.1) is 11.4 Å². The molecule has 0 bridgehead atoms. The zero-order chi connectivity index (χ0) is 25.7. The quantitative estimate of drug-likeness (QED) is 0.420. The molecule has 1 aromatic carbocycles. The van der Waals surface area contributed by atoms with Gasteiger partial charge in [0.25, 0.3) is 5.91 Å². The maximum atomic E-state index is 13.6. The molecule has 0 saturated carbocycles. The highest BCUT2D eigenvalue weighted by Gasteiger charge is 2.22. The summed E-state index contributed by atoms with van der Waals surface area (Å²) in [6, 6.07) is 9.56. The number of imidazole rings is 1. The molecule has 0 saturated heterocycles. The van der Waals surface area contributed by atoms with E-state index in [2.05, 4.69) is 27.7 Å². The molecular formula is C28H39N5O3. The van der Waals surface area contributed by atoms with Gasteiger partial charge in [0, 0.05) is 18.7 Å². The Morgan fingerprint density at radius 1 is 1.03 bits per heavy atom. The molecule has 1 aliphatic rings. The number of carbonyl (C=O) groups excluding carboxylic acids is 1. The molecule has 0 spiro atoms. The van der Waals surface area contributed by atoms with Crippen LogP contribution in [0.1, 0.15) is 63.1 Å². The molecule has 0 aliphatic carbocycles. The molecule has 0 unspecified atom stereocenters. The standard InChI is InChI=1S/C28H39N5O3/c1-19(2)11-14-32(15-12-20(3)4)28(34)22-8-10-26-30-27(23(6-5-13-29)33(26)31-22)21-7-9-24-25(18-21)36-17-16-35-24/h7-10,18-20H,5-6,11-17,29H2,1-4H3. The summed E-state index contributed by atoms with van der Waals surface area (Å²) in [4.78, 5) is 20.4. The molecule has 2 aromatic heterocycles. The van der Waals surface area contributed by atoms with E-state index < -0.39 is 0 Å². The molecule has 3 heterocycles. The van der Waals surface area contributed by atoms with Crippen LogP contribution in [0.2, 0.25) is 0 Å². The van der Waals surface area contributed by atoms with Gasteiger partial charge in [0.2, 0.25) is 0 Å². The average Bonchev–Trinajstić information content (AvgIpc) is 3.24. The summed E-state index contributed by atoms with van der Waals surface area (Å²) in [5.74, 6) is 2.48. The van der Waals surface area contributed by atoms with Gasteiger partial charge in [0.15, 0.2) is 17.1 Å². The lowest BCUT2D eigenvalue weighted by Crippen LogP contribution is -2.35. The molecule has 8 heteroatoms. The van der Waals surface area contributed by atoms with Crippen LogP contribution in [-0.4, -0.2) is 58.3 Å². The van der Waals surface area contributed by atoms with E-state index in [0.29, 0.717) is 49.4 Å². The molecule has 1 amide bonds. The highest BCUT2D eigenvalue weighted by atomic mass is 16.6. The first kappa shape index (κ1) is 25.9. The number of aromatic nitrogens is 3. The fourth-order valence-corrected chi connectivity index (χ4v) is 4.31. The van der Waals surface area contributed by atoms with E-state index in [4.69, 9.17) is 25.3 Å². The predicted molar refractivity (Wildman–Crippen MR) is 142 cm³/mol. The third kappa shape index (κ3) is 5.98. The van der Waals surface area contributed by atoms with Gasteiger partial charge in [-0.1, -0.05) is 27.7 Å². The molecule has 0 atom stereocenters. The topological polar surface area (TPSA) is 95.0 Å². The first-order valence-electron chi connectivity index (χ1n) is 13.2. The van der Waals surface area contributed by atoms with E-state index in [0.717, 1.165) is 60.8 Å². The van der Waals surface area contributed by atoms with Crippen LogP contribution in [0.4, 0.5) is 0 Å². The van der Waals surface area contributed by atoms with Crippen molar-refractivity contribution in [3.63, 3.8) is 0 Å². The van der Waals surface area contributed by atoms with Crippen molar-refractivity contribution in [1.82, 2.24) is 19.5 Å². The minimum absolute atomic E-state index is 0.0300. The molecule has 1 aliphatic heterocycles. The van der Waals surface area contributed by atoms with Gasteiger partial charge in [0.1, 0.15) is 18.9 Å². The minimum atomic E-state index is -0.0300. The van der Waals surface area contributed by atoms with E-state index in [1.165, 1.54) is 0 Å². The molecular weight excluding hydrogens is 454 g/mol. The number of hydrogen-bond donors (Lipinski definition) is 1. The molecule has 0 fully saturated rings. The molecule has 36 heavy (non-hydrogen) atoms. The first-order chi connectivity index (χ1) is 17.4. The monoisotopic (exact) mass is 493 g/mol. The van der Waals surface area contributed by atoms with E-state index in [1.54, 1.807) is 6.07 Å². The van der Waals surface area contributed by atoms with E-state index in [1.807, 2.05) is 33.7 Å². The number of carbonyl (C=O) groups is 1. The minimum Gasteiger partial charge on any atom is -0.486 e. The number of benzene rings is 1. The number of fused-ring (bicyclic) bond motifs is 2. The van der Waals surface area contributed by atoms with Crippen molar-refractivity contribution in [2.45, 2.75) is 53.4 Å². The lowest BCUT2D eigenvalue weighted by atomic mass is 10.1. The second-order valence-electron chi connectivity index (χ2n) is 10.3. The molecule has 4 rings (SSSR count). The number of hydrogen-bond acceptors (Lipinski definition) is 6. The third-order valence-corrected chi connectivity index (χ3v) is 6.46.